The smallest absolute Gasteiger partial charge is 0.227 e. The van der Waals surface area contributed by atoms with Crippen LogP contribution >= 0.6 is 0 Å². The van der Waals surface area contributed by atoms with Crippen LogP contribution in [0.25, 0.3) is 0 Å². The summed E-state index contributed by atoms with van der Waals surface area (Å²) in [4.78, 5) is 29.7. The number of rotatable bonds is 6. The second-order valence-electron chi connectivity index (χ2n) is 8.20. The van der Waals surface area contributed by atoms with Gasteiger partial charge < -0.3 is 15.2 Å². The fourth-order valence-corrected chi connectivity index (χ4v) is 4.83. The molecule has 7 heteroatoms. The van der Waals surface area contributed by atoms with Crippen LogP contribution in [-0.4, -0.2) is 69.9 Å². The molecule has 2 aliphatic heterocycles. The molecule has 0 aliphatic carbocycles. The lowest BCUT2D eigenvalue weighted by atomic mass is 9.67. The highest BCUT2D eigenvalue weighted by atomic mass is 16.2. The summed E-state index contributed by atoms with van der Waals surface area (Å²) < 4.78 is 0. The highest BCUT2D eigenvalue weighted by Crippen LogP contribution is 2.43. The van der Waals surface area contributed by atoms with Crippen molar-refractivity contribution in [2.45, 2.75) is 38.3 Å². The quantitative estimate of drug-likeness (QED) is 0.791. The lowest BCUT2D eigenvalue weighted by Gasteiger charge is -2.53. The number of nitrogens with zero attached hydrogens (tertiary/aromatic N) is 4. The molecule has 1 amide bonds. The van der Waals surface area contributed by atoms with E-state index in [1.165, 1.54) is 5.56 Å². The number of pyridine rings is 1. The minimum atomic E-state index is -0.289. The first kappa shape index (κ1) is 19.1. The average molecular weight is 383 g/mol. The van der Waals surface area contributed by atoms with E-state index in [1.807, 2.05) is 18.3 Å². The molecular weight excluding hydrogens is 352 g/mol. The van der Waals surface area contributed by atoms with E-state index in [4.69, 9.17) is 0 Å². The van der Waals surface area contributed by atoms with Gasteiger partial charge in [0.05, 0.1) is 11.7 Å². The largest absolute Gasteiger partial charge is 0.355 e. The second-order valence-corrected chi connectivity index (χ2v) is 8.20. The zero-order valence-electron chi connectivity index (χ0n) is 16.6. The molecule has 0 spiro atoms. The second kappa shape index (κ2) is 8.41. The minimum Gasteiger partial charge on any atom is -0.355 e. The molecule has 7 nitrogen and oxygen atoms in total. The van der Waals surface area contributed by atoms with Gasteiger partial charge in [-0.15, -0.1) is 0 Å². The number of likely N-dealkylation sites (tertiary alicyclic amines) is 2. The lowest BCUT2D eigenvalue weighted by Crippen LogP contribution is -2.65. The molecule has 4 heterocycles. The van der Waals surface area contributed by atoms with Crippen LogP contribution in [-0.2, 0) is 17.8 Å². The Kier molecular flexibility index (Phi) is 5.73. The van der Waals surface area contributed by atoms with E-state index < -0.39 is 0 Å². The Morgan fingerprint density at radius 3 is 2.93 bits per heavy atom. The van der Waals surface area contributed by atoms with E-state index in [0.717, 1.165) is 57.6 Å². The van der Waals surface area contributed by atoms with Crippen molar-refractivity contribution < 1.29 is 4.79 Å². The van der Waals surface area contributed by atoms with Crippen LogP contribution in [0.5, 0.6) is 0 Å². The Balaban J connectivity index is 1.46. The van der Waals surface area contributed by atoms with Gasteiger partial charge in [0.2, 0.25) is 5.91 Å². The highest BCUT2D eigenvalue weighted by Gasteiger charge is 2.52. The predicted octanol–water partition coefficient (Wildman–Crippen LogP) is 1.45. The first-order valence-electron chi connectivity index (χ1n) is 10.2. The number of carbonyl (C=O) groups is 1. The van der Waals surface area contributed by atoms with Crippen molar-refractivity contribution in [1.29, 1.82) is 0 Å². The van der Waals surface area contributed by atoms with Crippen LogP contribution in [0.15, 0.2) is 37.1 Å². The van der Waals surface area contributed by atoms with Crippen molar-refractivity contribution in [1.82, 2.24) is 30.1 Å². The summed E-state index contributed by atoms with van der Waals surface area (Å²) in [6.45, 7) is 4.44. The van der Waals surface area contributed by atoms with Crippen LogP contribution in [0.1, 0.15) is 30.5 Å². The third kappa shape index (κ3) is 3.95. The summed E-state index contributed by atoms with van der Waals surface area (Å²) in [5, 5.41) is 3.26. The van der Waals surface area contributed by atoms with Crippen LogP contribution in [0, 0.1) is 5.41 Å². The van der Waals surface area contributed by atoms with Gasteiger partial charge in [0.15, 0.2) is 0 Å². The van der Waals surface area contributed by atoms with Gasteiger partial charge in [-0.3, -0.25) is 14.7 Å². The van der Waals surface area contributed by atoms with Gasteiger partial charge in [0.1, 0.15) is 0 Å². The molecule has 0 aromatic carbocycles. The van der Waals surface area contributed by atoms with Crippen LogP contribution in [0.4, 0.5) is 0 Å². The molecule has 2 N–H and O–H groups in total. The monoisotopic (exact) mass is 382 g/mol. The Hall–Kier alpha value is -2.25. The molecule has 0 radical (unpaired) electrons. The minimum absolute atomic E-state index is 0.231. The molecule has 0 unspecified atom stereocenters. The summed E-state index contributed by atoms with van der Waals surface area (Å²) in [7, 11) is 2.16. The number of nitrogens with one attached hydrogen (secondary N) is 2. The summed E-state index contributed by atoms with van der Waals surface area (Å²) in [6, 6.07) is 4.26. The number of carbonyl (C=O) groups excluding carboxylic acids is 1. The van der Waals surface area contributed by atoms with Gasteiger partial charge in [0.25, 0.3) is 0 Å². The summed E-state index contributed by atoms with van der Waals surface area (Å²) in [5.74, 6) is 0.231. The summed E-state index contributed by atoms with van der Waals surface area (Å²) >= 11 is 0. The number of aromatic nitrogens is 3. The van der Waals surface area contributed by atoms with E-state index in [2.05, 4.69) is 37.1 Å². The maximum absolute atomic E-state index is 13.4. The first-order valence-corrected chi connectivity index (χ1v) is 10.2. The molecule has 0 bridgehead atoms. The van der Waals surface area contributed by atoms with Crippen molar-refractivity contribution in [3.05, 3.63) is 48.3 Å². The van der Waals surface area contributed by atoms with Gasteiger partial charge in [-0.1, -0.05) is 0 Å². The summed E-state index contributed by atoms with van der Waals surface area (Å²) in [6.07, 6.45) is 11.0. The molecule has 2 fully saturated rings. The number of fused-ring (bicyclic) bond motifs is 1. The highest BCUT2D eigenvalue weighted by molar-refractivity contribution is 5.84. The Morgan fingerprint density at radius 1 is 1.29 bits per heavy atom. The van der Waals surface area contributed by atoms with E-state index in [0.29, 0.717) is 6.54 Å². The standard InChI is InChI=1S/C21H30N6O/c1-26-12-7-21(20(28)24-10-5-17-3-8-22-9-4-17)6-2-11-27(19(21)15-26)14-18-13-23-16-25-18/h3-4,8-9,13,16,19H,2,5-7,10-12,14-15H2,1H3,(H,23,25)(H,24,28)/t19-,21+/m0/s1. The predicted molar refractivity (Wildman–Crippen MR) is 108 cm³/mol. The van der Waals surface area contributed by atoms with Gasteiger partial charge in [0, 0.05) is 50.0 Å². The van der Waals surface area contributed by atoms with Crippen molar-refractivity contribution in [3.8, 4) is 0 Å². The molecule has 2 aromatic heterocycles. The zero-order valence-corrected chi connectivity index (χ0v) is 16.6. The van der Waals surface area contributed by atoms with E-state index in [-0.39, 0.29) is 17.4 Å². The van der Waals surface area contributed by atoms with Gasteiger partial charge in [-0.25, -0.2) is 4.98 Å². The number of H-pyrrole nitrogens is 1. The Bertz CT molecular complexity index is 764. The third-order valence-electron chi connectivity index (χ3n) is 6.40. The van der Waals surface area contributed by atoms with Crippen molar-refractivity contribution >= 4 is 5.91 Å². The average Bonchev–Trinajstić information content (AvgIpc) is 3.22. The maximum Gasteiger partial charge on any atom is 0.227 e. The molecule has 0 saturated carbocycles. The topological polar surface area (TPSA) is 77.2 Å². The van der Waals surface area contributed by atoms with Gasteiger partial charge in [-0.05, 0) is 63.5 Å². The molecule has 4 rings (SSSR count). The zero-order chi connectivity index (χ0) is 19.4. The Labute approximate surface area is 166 Å². The maximum atomic E-state index is 13.4. The number of hydrogen-bond donors (Lipinski definition) is 2. The number of likely N-dealkylation sites (N-methyl/N-ethyl adjacent to an activating group) is 1. The molecule has 2 saturated heterocycles. The van der Waals surface area contributed by atoms with Gasteiger partial charge >= 0.3 is 0 Å². The van der Waals surface area contributed by atoms with E-state index in [9.17, 15) is 4.79 Å². The number of imidazole rings is 1. The molecular formula is C21H30N6O. The first-order chi connectivity index (χ1) is 13.7. The number of hydrogen-bond acceptors (Lipinski definition) is 5. The van der Waals surface area contributed by atoms with Gasteiger partial charge in [-0.2, -0.15) is 0 Å². The van der Waals surface area contributed by atoms with Crippen molar-refractivity contribution in [2.75, 3.05) is 33.2 Å². The number of piperidine rings is 2. The molecule has 150 valence electrons. The van der Waals surface area contributed by atoms with E-state index >= 15 is 0 Å². The fraction of sp³-hybridized carbons (Fsp3) is 0.571. The van der Waals surface area contributed by atoms with Crippen molar-refractivity contribution in [2.24, 2.45) is 5.41 Å². The van der Waals surface area contributed by atoms with Crippen molar-refractivity contribution in [3.63, 3.8) is 0 Å². The molecule has 2 aromatic rings. The van der Waals surface area contributed by atoms with Crippen LogP contribution in [0.3, 0.4) is 0 Å². The lowest BCUT2D eigenvalue weighted by molar-refractivity contribution is -0.145. The molecule has 28 heavy (non-hydrogen) atoms. The fourth-order valence-electron chi connectivity index (χ4n) is 4.83. The number of aromatic amines is 1. The molecule has 2 aliphatic rings. The Morgan fingerprint density at radius 2 is 2.14 bits per heavy atom. The number of amides is 1. The third-order valence-corrected chi connectivity index (χ3v) is 6.40. The normalized spacial score (nSPS) is 26.0. The van der Waals surface area contributed by atoms with E-state index in [1.54, 1.807) is 18.7 Å². The summed E-state index contributed by atoms with van der Waals surface area (Å²) in [5.41, 5.74) is 2.03. The SMILES string of the molecule is CN1CC[C@]2(C(=O)NCCc3ccncc3)CCCN(Cc3cnc[nH]3)[C@H]2C1. The van der Waals surface area contributed by atoms with Crippen LogP contribution in [0.2, 0.25) is 0 Å². The van der Waals surface area contributed by atoms with Crippen LogP contribution < -0.4 is 5.32 Å². The molecule has 2 atom stereocenters.